The van der Waals surface area contributed by atoms with Gasteiger partial charge in [-0.1, -0.05) is 13.8 Å². The molecule has 2 rings (SSSR count). The summed E-state index contributed by atoms with van der Waals surface area (Å²) in [7, 11) is 1.50. The third-order valence-electron chi connectivity index (χ3n) is 2.64. The number of benzene rings is 1. The molecule has 0 aliphatic carbocycles. The Bertz CT molecular complexity index is 587. The van der Waals surface area contributed by atoms with Gasteiger partial charge in [0, 0.05) is 23.6 Å². The second kappa shape index (κ2) is 5.09. The molecule has 1 aromatic carbocycles. The van der Waals surface area contributed by atoms with Crippen LogP contribution in [0.1, 0.15) is 25.7 Å². The molecule has 0 unspecified atom stereocenters. The van der Waals surface area contributed by atoms with Crippen LogP contribution in [0.2, 0.25) is 0 Å². The average Bonchev–Trinajstić information content (AvgIpc) is 2.83. The van der Waals surface area contributed by atoms with Crippen molar-refractivity contribution in [1.29, 1.82) is 0 Å². The van der Waals surface area contributed by atoms with Crippen LogP contribution in [0.3, 0.4) is 0 Å². The van der Waals surface area contributed by atoms with E-state index in [0.29, 0.717) is 17.5 Å². The van der Waals surface area contributed by atoms with Gasteiger partial charge in [-0.15, -0.1) is 0 Å². The van der Waals surface area contributed by atoms with Crippen molar-refractivity contribution in [2.75, 3.05) is 7.11 Å². The summed E-state index contributed by atoms with van der Waals surface area (Å²) in [5.74, 6) is 1.03. The van der Waals surface area contributed by atoms with Crippen molar-refractivity contribution >= 4 is 5.69 Å². The largest absolute Gasteiger partial charge is 0.467 e. The fourth-order valence-electron chi connectivity index (χ4n) is 1.63. The molecule has 6 nitrogen and oxygen atoms in total. The van der Waals surface area contributed by atoms with Gasteiger partial charge in [-0.05, 0) is 12.1 Å². The highest BCUT2D eigenvalue weighted by Crippen LogP contribution is 2.33. The van der Waals surface area contributed by atoms with Gasteiger partial charge >= 0.3 is 5.95 Å². The molecule has 0 fully saturated rings. The van der Waals surface area contributed by atoms with Gasteiger partial charge in [-0.3, -0.25) is 10.1 Å². The lowest BCUT2D eigenvalue weighted by Gasteiger charge is -1.98. The lowest BCUT2D eigenvalue weighted by molar-refractivity contribution is -0.384. The molecule has 0 spiro atoms. The van der Waals surface area contributed by atoms with Gasteiger partial charge in [0.1, 0.15) is 0 Å². The number of non-ortho nitro benzene ring substituents is 1. The van der Waals surface area contributed by atoms with Gasteiger partial charge in [0.15, 0.2) is 5.69 Å². The molecule has 1 aromatic heterocycles. The summed E-state index contributed by atoms with van der Waals surface area (Å²) >= 11 is 0. The van der Waals surface area contributed by atoms with Crippen molar-refractivity contribution in [2.24, 2.45) is 0 Å². The van der Waals surface area contributed by atoms with Crippen LogP contribution >= 0.6 is 0 Å². The van der Waals surface area contributed by atoms with E-state index in [1.807, 2.05) is 13.8 Å². The van der Waals surface area contributed by atoms with Gasteiger partial charge in [0.25, 0.3) is 5.69 Å². The number of nitro benzene ring substituents is 1. The molecular formula is C13H14N2O4. The highest BCUT2D eigenvalue weighted by molar-refractivity contribution is 5.65. The zero-order chi connectivity index (χ0) is 14.0. The van der Waals surface area contributed by atoms with E-state index in [2.05, 4.69) is 4.98 Å². The van der Waals surface area contributed by atoms with Crippen molar-refractivity contribution in [3.05, 3.63) is 40.3 Å². The van der Waals surface area contributed by atoms with Crippen LogP contribution in [0.4, 0.5) is 5.69 Å². The van der Waals surface area contributed by atoms with Gasteiger partial charge in [0.2, 0.25) is 5.89 Å². The summed E-state index contributed by atoms with van der Waals surface area (Å²) in [5.41, 5.74) is 1.31. The highest BCUT2D eigenvalue weighted by atomic mass is 16.6. The SMILES string of the molecule is COc1oc(C(C)C)nc1-c1ccc([N+](=O)[O-])cc1. The first-order valence-electron chi connectivity index (χ1n) is 5.82. The van der Waals surface area contributed by atoms with E-state index in [9.17, 15) is 10.1 Å². The number of nitrogens with zero attached hydrogens (tertiary/aromatic N) is 2. The normalized spacial score (nSPS) is 10.7. The van der Waals surface area contributed by atoms with Crippen LogP contribution in [0.15, 0.2) is 28.7 Å². The number of aromatic nitrogens is 1. The molecule has 2 aromatic rings. The van der Waals surface area contributed by atoms with E-state index in [-0.39, 0.29) is 11.6 Å². The summed E-state index contributed by atoms with van der Waals surface area (Å²) in [6.07, 6.45) is 0. The number of rotatable bonds is 4. The van der Waals surface area contributed by atoms with Crippen LogP contribution in [-0.4, -0.2) is 17.0 Å². The highest BCUT2D eigenvalue weighted by Gasteiger charge is 2.18. The van der Waals surface area contributed by atoms with Crippen LogP contribution < -0.4 is 4.74 Å². The maximum atomic E-state index is 10.6. The van der Waals surface area contributed by atoms with Gasteiger partial charge in [0.05, 0.1) is 12.0 Å². The molecule has 6 heteroatoms. The topological polar surface area (TPSA) is 78.4 Å². The molecule has 19 heavy (non-hydrogen) atoms. The second-order valence-electron chi connectivity index (χ2n) is 4.35. The molecular weight excluding hydrogens is 248 g/mol. The summed E-state index contributed by atoms with van der Waals surface area (Å²) in [4.78, 5) is 14.5. The molecule has 0 saturated heterocycles. The van der Waals surface area contributed by atoms with E-state index >= 15 is 0 Å². The van der Waals surface area contributed by atoms with E-state index in [0.717, 1.165) is 5.56 Å². The van der Waals surface area contributed by atoms with Gasteiger partial charge in [-0.2, -0.15) is 0 Å². The Labute approximate surface area is 110 Å². The van der Waals surface area contributed by atoms with Gasteiger partial charge < -0.3 is 9.15 Å². The summed E-state index contributed by atoms with van der Waals surface area (Å²) in [6, 6.07) is 6.11. The lowest BCUT2D eigenvalue weighted by atomic mass is 10.1. The minimum atomic E-state index is -0.441. The Hall–Kier alpha value is -2.37. The fourth-order valence-corrected chi connectivity index (χ4v) is 1.63. The van der Waals surface area contributed by atoms with E-state index in [1.165, 1.54) is 19.2 Å². The maximum absolute atomic E-state index is 10.6. The maximum Gasteiger partial charge on any atom is 0.313 e. The van der Waals surface area contributed by atoms with E-state index in [4.69, 9.17) is 9.15 Å². The molecule has 0 atom stereocenters. The molecule has 0 aliphatic rings. The van der Waals surface area contributed by atoms with Crippen molar-refractivity contribution < 1.29 is 14.1 Å². The first kappa shape index (κ1) is 13.1. The zero-order valence-corrected chi connectivity index (χ0v) is 10.9. The molecule has 1 heterocycles. The van der Waals surface area contributed by atoms with Crippen molar-refractivity contribution in [2.45, 2.75) is 19.8 Å². The molecule has 0 bridgehead atoms. The predicted octanol–water partition coefficient (Wildman–Crippen LogP) is 3.38. The number of oxazole rings is 1. The zero-order valence-electron chi connectivity index (χ0n) is 10.9. The fraction of sp³-hybridized carbons (Fsp3) is 0.308. The average molecular weight is 262 g/mol. The van der Waals surface area contributed by atoms with Crippen LogP contribution in [0, 0.1) is 10.1 Å². The summed E-state index contributed by atoms with van der Waals surface area (Å²) in [6.45, 7) is 3.93. The number of hydrogen-bond donors (Lipinski definition) is 0. The first-order valence-corrected chi connectivity index (χ1v) is 5.82. The van der Waals surface area contributed by atoms with Crippen LogP contribution in [-0.2, 0) is 0 Å². The van der Waals surface area contributed by atoms with E-state index < -0.39 is 4.92 Å². The standard InChI is InChI=1S/C13H14N2O4/c1-8(2)12-14-11(13(18-3)19-12)9-4-6-10(7-5-9)15(16)17/h4-8H,1-3H3. The second-order valence-corrected chi connectivity index (χ2v) is 4.35. The first-order chi connectivity index (χ1) is 9.02. The van der Waals surface area contributed by atoms with E-state index in [1.54, 1.807) is 12.1 Å². The third-order valence-corrected chi connectivity index (χ3v) is 2.64. The summed E-state index contributed by atoms with van der Waals surface area (Å²) in [5, 5.41) is 10.6. The molecule has 0 aliphatic heterocycles. The predicted molar refractivity (Wildman–Crippen MR) is 69.2 cm³/mol. The minimum absolute atomic E-state index is 0.0373. The van der Waals surface area contributed by atoms with Crippen LogP contribution in [0.5, 0.6) is 5.95 Å². The monoisotopic (exact) mass is 262 g/mol. The van der Waals surface area contributed by atoms with Gasteiger partial charge in [-0.25, -0.2) is 4.98 Å². The van der Waals surface area contributed by atoms with Crippen molar-refractivity contribution in [3.63, 3.8) is 0 Å². The molecule has 0 amide bonds. The smallest absolute Gasteiger partial charge is 0.313 e. The Morgan fingerprint density at radius 3 is 2.42 bits per heavy atom. The molecule has 0 radical (unpaired) electrons. The lowest BCUT2D eigenvalue weighted by Crippen LogP contribution is -1.89. The Morgan fingerprint density at radius 1 is 1.32 bits per heavy atom. The Morgan fingerprint density at radius 2 is 1.95 bits per heavy atom. The number of methoxy groups -OCH3 is 1. The molecule has 0 saturated carbocycles. The third kappa shape index (κ3) is 2.57. The quantitative estimate of drug-likeness (QED) is 0.623. The minimum Gasteiger partial charge on any atom is -0.467 e. The number of hydrogen-bond acceptors (Lipinski definition) is 5. The summed E-state index contributed by atoms with van der Waals surface area (Å²) < 4.78 is 10.6. The Balaban J connectivity index is 2.42. The molecule has 0 N–H and O–H groups in total. The Kier molecular flexibility index (Phi) is 3.50. The molecule has 100 valence electrons. The van der Waals surface area contributed by atoms with Crippen molar-refractivity contribution in [3.8, 4) is 17.2 Å². The van der Waals surface area contributed by atoms with Crippen LogP contribution in [0.25, 0.3) is 11.3 Å². The number of nitro groups is 1. The number of ether oxygens (including phenoxy) is 1. The van der Waals surface area contributed by atoms with Crippen molar-refractivity contribution in [1.82, 2.24) is 4.98 Å².